The van der Waals surface area contributed by atoms with Gasteiger partial charge in [0.2, 0.25) is 0 Å². The van der Waals surface area contributed by atoms with Crippen molar-refractivity contribution >= 4 is 22.3 Å². The van der Waals surface area contributed by atoms with Crippen molar-refractivity contribution in [3.8, 4) is 11.4 Å². The third-order valence-corrected chi connectivity index (χ3v) is 5.79. The Labute approximate surface area is 198 Å². The molecule has 0 unspecified atom stereocenters. The Hall–Kier alpha value is -4.40. The molecule has 174 valence electrons. The van der Waals surface area contributed by atoms with E-state index in [0.29, 0.717) is 5.69 Å². The zero-order chi connectivity index (χ0) is 24.0. The molecule has 35 heavy (non-hydrogen) atoms. The standard InChI is InChI=1S/C26H18F3N5O/c27-26(28,29)35-20-10-8-19(9-11-20)33-16-13-21(17-6-7-17)25(32-33)23-12-15-31-34(23)22-5-1-3-18-4-2-14-30-24(18)22/h1-5,8-16H,6-7H2. The van der Waals surface area contributed by atoms with Gasteiger partial charge in [0.25, 0.3) is 0 Å². The van der Waals surface area contributed by atoms with Gasteiger partial charge in [-0.1, -0.05) is 23.8 Å². The number of hydrogen-bond donors (Lipinski definition) is 0. The molecule has 9 heteroatoms. The summed E-state index contributed by atoms with van der Waals surface area (Å²) in [6.07, 6.45) is 4.55. The molecule has 3 heterocycles. The number of rotatable bonds is 4. The van der Waals surface area contributed by atoms with Crippen molar-refractivity contribution in [1.82, 2.24) is 14.8 Å². The van der Waals surface area contributed by atoms with Gasteiger partial charge < -0.3 is 4.74 Å². The predicted molar refractivity (Wildman–Crippen MR) is 126 cm³/mol. The predicted octanol–water partition coefficient (Wildman–Crippen LogP) is 6.15. The zero-order valence-corrected chi connectivity index (χ0v) is 18.3. The molecule has 6 nitrogen and oxygen atoms in total. The number of nitrogens with zero attached hydrogens (tertiary/aromatic N) is 5. The van der Waals surface area contributed by atoms with Gasteiger partial charge in [0.05, 0.1) is 28.8 Å². The van der Waals surface area contributed by atoms with Gasteiger partial charge in [-0.2, -0.15) is 10.2 Å². The van der Waals surface area contributed by atoms with Crippen LogP contribution in [0.4, 0.5) is 18.9 Å². The number of pyridine rings is 1. The van der Waals surface area contributed by atoms with Gasteiger partial charge in [0.15, 0.2) is 0 Å². The lowest BCUT2D eigenvalue weighted by atomic mass is 10.0. The van der Waals surface area contributed by atoms with E-state index in [1.165, 1.54) is 29.8 Å². The molecule has 0 spiro atoms. The van der Waals surface area contributed by atoms with Crippen molar-refractivity contribution in [2.75, 3.05) is 5.01 Å². The first kappa shape index (κ1) is 21.2. The van der Waals surface area contributed by atoms with Crippen molar-refractivity contribution in [3.63, 3.8) is 0 Å². The fraction of sp³-hybridized carbons (Fsp3) is 0.115. The van der Waals surface area contributed by atoms with Crippen LogP contribution in [-0.4, -0.2) is 26.8 Å². The Bertz CT molecular complexity index is 1500. The summed E-state index contributed by atoms with van der Waals surface area (Å²) in [4.78, 5) is 4.56. The summed E-state index contributed by atoms with van der Waals surface area (Å²) in [6.45, 7) is 0. The molecule has 0 saturated heterocycles. The third-order valence-electron chi connectivity index (χ3n) is 5.79. The Morgan fingerprint density at radius 2 is 1.69 bits per heavy atom. The Kier molecular flexibility index (Phi) is 4.91. The average Bonchev–Trinajstić information content (AvgIpc) is 3.59. The summed E-state index contributed by atoms with van der Waals surface area (Å²) in [5.41, 5.74) is 6.13. The van der Waals surface area contributed by atoms with E-state index in [9.17, 15) is 13.2 Å². The lowest BCUT2D eigenvalue weighted by molar-refractivity contribution is -0.274. The minimum atomic E-state index is -4.74. The second-order valence-corrected chi connectivity index (χ2v) is 8.15. The molecule has 6 rings (SSSR count). The topological polar surface area (TPSA) is 55.5 Å². The summed E-state index contributed by atoms with van der Waals surface area (Å²) in [6, 6.07) is 17.3. The van der Waals surface area contributed by atoms with Crippen molar-refractivity contribution in [2.45, 2.75) is 19.2 Å². The molecule has 1 fully saturated rings. The largest absolute Gasteiger partial charge is 0.573 e. The number of hydrazone groups is 1. The molecular formula is C26H18F3N5O. The van der Waals surface area contributed by atoms with Crippen molar-refractivity contribution < 1.29 is 17.9 Å². The first-order valence-corrected chi connectivity index (χ1v) is 11.0. The van der Waals surface area contributed by atoms with E-state index >= 15 is 0 Å². The van der Waals surface area contributed by atoms with Crippen molar-refractivity contribution in [2.24, 2.45) is 5.10 Å². The number of hydrogen-bond acceptors (Lipinski definition) is 5. The number of allylic oxidation sites excluding steroid dienone is 3. The number of alkyl halides is 3. The van der Waals surface area contributed by atoms with Gasteiger partial charge >= 0.3 is 6.36 Å². The lowest BCUT2D eigenvalue weighted by Gasteiger charge is -2.23. The Morgan fingerprint density at radius 3 is 2.46 bits per heavy atom. The molecule has 1 saturated carbocycles. The van der Waals surface area contributed by atoms with E-state index in [0.717, 1.165) is 46.4 Å². The van der Waals surface area contributed by atoms with Gasteiger partial charge in [-0.15, -0.1) is 13.2 Å². The van der Waals surface area contributed by atoms with Gasteiger partial charge in [-0.3, -0.25) is 4.98 Å². The van der Waals surface area contributed by atoms with Crippen LogP contribution in [-0.2, 0) is 0 Å². The van der Waals surface area contributed by atoms with Crippen LogP contribution < -0.4 is 9.75 Å². The summed E-state index contributed by atoms with van der Waals surface area (Å²) in [5.74, 6) is -0.284. The minimum Gasteiger partial charge on any atom is -0.406 e. The maximum atomic E-state index is 12.5. The molecule has 0 bridgehead atoms. The second-order valence-electron chi connectivity index (χ2n) is 8.15. The fourth-order valence-corrected chi connectivity index (χ4v) is 4.10. The quantitative estimate of drug-likeness (QED) is 0.357. The summed E-state index contributed by atoms with van der Waals surface area (Å²) >= 11 is 0. The van der Waals surface area contributed by atoms with E-state index in [1.807, 2.05) is 53.4 Å². The molecule has 0 radical (unpaired) electrons. The van der Waals surface area contributed by atoms with Crippen LogP contribution in [0, 0.1) is 0 Å². The first-order chi connectivity index (χ1) is 17.0. The summed E-state index contributed by atoms with van der Waals surface area (Å²) in [7, 11) is 0. The van der Waals surface area contributed by atoms with Gasteiger partial charge in [-0.25, -0.2) is 9.69 Å². The SMILES string of the molecule is FC(F)(F)Oc1ccc(N2C=CC(=C3CC3)C(c3ccnn3-c3cccc4cccnc34)=N2)cc1. The number of benzene rings is 2. The highest BCUT2D eigenvalue weighted by atomic mass is 19.4. The molecule has 0 amide bonds. The van der Waals surface area contributed by atoms with E-state index in [2.05, 4.69) is 14.8 Å². The van der Waals surface area contributed by atoms with Gasteiger partial charge in [0, 0.05) is 23.4 Å². The molecule has 2 aromatic heterocycles. The van der Waals surface area contributed by atoms with E-state index in [1.54, 1.807) is 17.4 Å². The van der Waals surface area contributed by atoms with Crippen LogP contribution in [0.2, 0.25) is 0 Å². The highest BCUT2D eigenvalue weighted by molar-refractivity contribution is 6.15. The maximum absolute atomic E-state index is 12.5. The van der Waals surface area contributed by atoms with E-state index in [-0.39, 0.29) is 5.75 Å². The van der Waals surface area contributed by atoms with Crippen LogP contribution in [0.5, 0.6) is 5.75 Å². The lowest BCUT2D eigenvalue weighted by Crippen LogP contribution is -2.21. The number of ether oxygens (including phenoxy) is 1. The van der Waals surface area contributed by atoms with Crippen LogP contribution in [0.3, 0.4) is 0 Å². The highest BCUT2D eigenvalue weighted by Gasteiger charge is 2.31. The average molecular weight is 473 g/mol. The Morgan fingerprint density at radius 1 is 0.886 bits per heavy atom. The molecular weight excluding hydrogens is 455 g/mol. The normalized spacial score (nSPS) is 15.5. The van der Waals surface area contributed by atoms with E-state index in [4.69, 9.17) is 5.10 Å². The zero-order valence-electron chi connectivity index (χ0n) is 18.3. The monoisotopic (exact) mass is 473 g/mol. The number of anilines is 1. The second kappa shape index (κ2) is 8.12. The Balaban J connectivity index is 1.41. The first-order valence-electron chi connectivity index (χ1n) is 11.0. The number of para-hydroxylation sites is 1. The summed E-state index contributed by atoms with van der Waals surface area (Å²) < 4.78 is 43.4. The molecule has 2 aliphatic rings. The minimum absolute atomic E-state index is 0.284. The number of fused-ring (bicyclic) bond motifs is 1. The fourth-order valence-electron chi connectivity index (χ4n) is 4.10. The number of halogens is 3. The molecule has 0 N–H and O–H groups in total. The molecule has 4 aromatic rings. The number of aromatic nitrogens is 3. The smallest absolute Gasteiger partial charge is 0.406 e. The third kappa shape index (κ3) is 4.16. The van der Waals surface area contributed by atoms with Crippen LogP contribution in [0.25, 0.3) is 16.6 Å². The van der Waals surface area contributed by atoms with Crippen LogP contribution in [0.15, 0.2) is 102 Å². The van der Waals surface area contributed by atoms with Gasteiger partial charge in [-0.05, 0) is 61.4 Å². The van der Waals surface area contributed by atoms with Crippen LogP contribution >= 0.6 is 0 Å². The molecule has 0 atom stereocenters. The highest BCUT2D eigenvalue weighted by Crippen LogP contribution is 2.37. The molecule has 2 aromatic carbocycles. The van der Waals surface area contributed by atoms with Crippen molar-refractivity contribution in [1.29, 1.82) is 0 Å². The van der Waals surface area contributed by atoms with Crippen molar-refractivity contribution in [3.05, 3.63) is 102 Å². The summed E-state index contributed by atoms with van der Waals surface area (Å²) in [5, 5.41) is 12.1. The van der Waals surface area contributed by atoms with Crippen LogP contribution in [0.1, 0.15) is 18.5 Å². The molecule has 1 aliphatic carbocycles. The van der Waals surface area contributed by atoms with Gasteiger partial charge in [0.1, 0.15) is 11.5 Å². The van der Waals surface area contributed by atoms with E-state index < -0.39 is 6.36 Å². The maximum Gasteiger partial charge on any atom is 0.573 e. The molecule has 1 aliphatic heterocycles.